The molecule has 2 aromatic rings. The summed E-state index contributed by atoms with van der Waals surface area (Å²) in [5.74, 6) is -0.309. The minimum atomic E-state index is -0.426. The number of benzene rings is 1. The second kappa shape index (κ2) is 7.48. The largest absolute Gasteiger partial charge is 0.335 e. The molecule has 1 saturated carbocycles. The predicted octanol–water partition coefficient (Wildman–Crippen LogP) is 1.68. The maximum atomic E-state index is 12.2. The number of hydrogen-bond donors (Lipinski definition) is 2. The van der Waals surface area contributed by atoms with E-state index in [0.29, 0.717) is 6.54 Å². The van der Waals surface area contributed by atoms with Crippen molar-refractivity contribution in [3.63, 3.8) is 0 Å². The Hall–Kier alpha value is -2.67. The number of amides is 3. The molecular weight excluding hydrogens is 318 g/mol. The fourth-order valence-corrected chi connectivity index (χ4v) is 2.45. The molecule has 1 atom stereocenters. The number of urea groups is 1. The van der Waals surface area contributed by atoms with E-state index in [0.717, 1.165) is 24.1 Å². The van der Waals surface area contributed by atoms with Gasteiger partial charge in [0.1, 0.15) is 0 Å². The Morgan fingerprint density at radius 1 is 1.32 bits per heavy atom. The van der Waals surface area contributed by atoms with Crippen LogP contribution in [0.3, 0.4) is 0 Å². The van der Waals surface area contributed by atoms with Crippen molar-refractivity contribution in [2.45, 2.75) is 38.4 Å². The van der Waals surface area contributed by atoms with Gasteiger partial charge in [0.2, 0.25) is 5.91 Å². The Morgan fingerprint density at radius 2 is 2.04 bits per heavy atom. The van der Waals surface area contributed by atoms with Gasteiger partial charge in [-0.05, 0) is 38.9 Å². The monoisotopic (exact) mass is 341 g/mol. The second-order valence-electron chi connectivity index (χ2n) is 6.46. The summed E-state index contributed by atoms with van der Waals surface area (Å²) in [5, 5.41) is 9.50. The summed E-state index contributed by atoms with van der Waals surface area (Å²) in [6, 6.07) is 9.23. The van der Waals surface area contributed by atoms with Crippen molar-refractivity contribution in [2.75, 3.05) is 7.05 Å². The summed E-state index contributed by atoms with van der Waals surface area (Å²) in [7, 11) is 1.85. The molecule has 1 heterocycles. The first-order valence-corrected chi connectivity index (χ1v) is 8.43. The van der Waals surface area contributed by atoms with E-state index < -0.39 is 12.1 Å². The van der Waals surface area contributed by atoms with E-state index in [1.807, 2.05) is 48.5 Å². The van der Waals surface area contributed by atoms with E-state index in [2.05, 4.69) is 15.7 Å². The summed E-state index contributed by atoms with van der Waals surface area (Å²) < 4.78 is 1.80. The van der Waals surface area contributed by atoms with Crippen LogP contribution >= 0.6 is 0 Å². The third-order valence-electron chi connectivity index (χ3n) is 4.28. The molecule has 1 unspecified atom stereocenters. The van der Waals surface area contributed by atoms with Gasteiger partial charge in [0, 0.05) is 24.3 Å². The van der Waals surface area contributed by atoms with Crippen LogP contribution in [0.2, 0.25) is 0 Å². The first-order valence-electron chi connectivity index (χ1n) is 8.43. The molecule has 1 aliphatic carbocycles. The van der Waals surface area contributed by atoms with Gasteiger partial charge in [0.15, 0.2) is 0 Å². The number of hydrogen-bond acceptors (Lipinski definition) is 4. The van der Waals surface area contributed by atoms with Crippen LogP contribution in [-0.4, -0.2) is 45.8 Å². The molecule has 3 amide bonds. The topological polar surface area (TPSA) is 79.3 Å². The minimum absolute atomic E-state index is 0.227. The van der Waals surface area contributed by atoms with Crippen LogP contribution in [0.1, 0.15) is 25.3 Å². The molecule has 1 fully saturated rings. The number of para-hydroxylation sites is 1. The lowest BCUT2D eigenvalue weighted by Gasteiger charge is -2.22. The molecular formula is C18H23N5O2. The Morgan fingerprint density at radius 3 is 2.72 bits per heavy atom. The summed E-state index contributed by atoms with van der Waals surface area (Å²) in [6.45, 7) is 2.34. The van der Waals surface area contributed by atoms with Crippen molar-refractivity contribution in [1.29, 1.82) is 0 Å². The van der Waals surface area contributed by atoms with E-state index in [4.69, 9.17) is 0 Å². The summed E-state index contributed by atoms with van der Waals surface area (Å²) >= 11 is 0. The average Bonchev–Trinajstić information content (AvgIpc) is 3.29. The summed E-state index contributed by atoms with van der Waals surface area (Å²) in [4.78, 5) is 25.7. The molecule has 7 nitrogen and oxygen atoms in total. The van der Waals surface area contributed by atoms with E-state index >= 15 is 0 Å². The lowest BCUT2D eigenvalue weighted by molar-refractivity contribution is -0.124. The molecule has 1 aromatic heterocycles. The van der Waals surface area contributed by atoms with Crippen LogP contribution in [0.15, 0.2) is 42.7 Å². The SMILES string of the molecule is CC(C(=O)NC(=O)NC1CC1)N(C)Cc1cnn(-c2ccccc2)c1. The van der Waals surface area contributed by atoms with Crippen molar-refractivity contribution in [1.82, 2.24) is 25.3 Å². The molecule has 25 heavy (non-hydrogen) atoms. The molecule has 1 aliphatic rings. The van der Waals surface area contributed by atoms with E-state index in [-0.39, 0.29) is 11.9 Å². The molecule has 132 valence electrons. The van der Waals surface area contributed by atoms with E-state index in [1.54, 1.807) is 17.8 Å². The molecule has 0 radical (unpaired) electrons. The molecule has 7 heteroatoms. The molecule has 0 spiro atoms. The smallest absolute Gasteiger partial charge is 0.321 e. The van der Waals surface area contributed by atoms with Crippen LogP contribution in [0.25, 0.3) is 5.69 Å². The van der Waals surface area contributed by atoms with Gasteiger partial charge in [-0.1, -0.05) is 18.2 Å². The number of imide groups is 1. The number of nitrogens with one attached hydrogen (secondary N) is 2. The first kappa shape index (κ1) is 17.2. The van der Waals surface area contributed by atoms with Crippen molar-refractivity contribution in [2.24, 2.45) is 0 Å². The maximum Gasteiger partial charge on any atom is 0.321 e. The second-order valence-corrected chi connectivity index (χ2v) is 6.46. The van der Waals surface area contributed by atoms with Gasteiger partial charge in [-0.25, -0.2) is 9.48 Å². The number of likely N-dealkylation sites (N-methyl/N-ethyl adjacent to an activating group) is 1. The zero-order valence-electron chi connectivity index (χ0n) is 14.5. The summed E-state index contributed by atoms with van der Waals surface area (Å²) in [5.41, 5.74) is 1.98. The van der Waals surface area contributed by atoms with E-state index in [9.17, 15) is 9.59 Å². The zero-order chi connectivity index (χ0) is 17.8. The van der Waals surface area contributed by atoms with Crippen molar-refractivity contribution >= 4 is 11.9 Å². The Kier molecular flexibility index (Phi) is 5.14. The molecule has 0 aliphatic heterocycles. The lowest BCUT2D eigenvalue weighted by Crippen LogP contribution is -2.48. The lowest BCUT2D eigenvalue weighted by atomic mass is 10.2. The van der Waals surface area contributed by atoms with Gasteiger partial charge in [-0.15, -0.1) is 0 Å². The van der Waals surface area contributed by atoms with E-state index in [1.165, 1.54) is 0 Å². The van der Waals surface area contributed by atoms with Crippen LogP contribution in [0.5, 0.6) is 0 Å². The van der Waals surface area contributed by atoms with Crippen LogP contribution in [0.4, 0.5) is 4.79 Å². The molecule has 1 aromatic carbocycles. The highest BCUT2D eigenvalue weighted by molar-refractivity contribution is 5.96. The Bertz CT molecular complexity index is 739. The average molecular weight is 341 g/mol. The number of aromatic nitrogens is 2. The van der Waals surface area contributed by atoms with Gasteiger partial charge >= 0.3 is 6.03 Å². The number of carbonyl (C=O) groups excluding carboxylic acids is 2. The van der Waals surface area contributed by atoms with Gasteiger partial charge in [0.05, 0.1) is 17.9 Å². The van der Waals surface area contributed by atoms with Crippen LogP contribution in [-0.2, 0) is 11.3 Å². The fourth-order valence-electron chi connectivity index (χ4n) is 2.45. The third kappa shape index (κ3) is 4.67. The van der Waals surface area contributed by atoms with Gasteiger partial charge in [0.25, 0.3) is 0 Å². The standard InChI is InChI=1S/C18H23N5O2/c1-13(17(24)21-18(25)20-15-8-9-15)22(2)11-14-10-19-23(12-14)16-6-4-3-5-7-16/h3-7,10,12-13,15H,8-9,11H2,1-2H3,(H2,20,21,24,25). The molecule has 0 bridgehead atoms. The number of carbonyl (C=O) groups is 2. The zero-order valence-corrected chi connectivity index (χ0v) is 14.5. The Labute approximate surface area is 147 Å². The third-order valence-corrected chi connectivity index (χ3v) is 4.28. The predicted molar refractivity (Wildman–Crippen MR) is 94.2 cm³/mol. The van der Waals surface area contributed by atoms with Crippen molar-refractivity contribution in [3.8, 4) is 5.69 Å². The summed E-state index contributed by atoms with van der Waals surface area (Å²) in [6.07, 6.45) is 5.70. The normalized spacial score (nSPS) is 15.0. The highest BCUT2D eigenvalue weighted by atomic mass is 16.2. The van der Waals surface area contributed by atoms with Crippen LogP contribution in [0, 0.1) is 0 Å². The van der Waals surface area contributed by atoms with Gasteiger partial charge in [-0.2, -0.15) is 5.10 Å². The van der Waals surface area contributed by atoms with Crippen molar-refractivity contribution < 1.29 is 9.59 Å². The number of rotatable bonds is 6. The maximum absolute atomic E-state index is 12.2. The van der Waals surface area contributed by atoms with Gasteiger partial charge < -0.3 is 5.32 Å². The molecule has 3 rings (SSSR count). The highest BCUT2D eigenvalue weighted by Gasteiger charge is 2.26. The quantitative estimate of drug-likeness (QED) is 0.838. The highest BCUT2D eigenvalue weighted by Crippen LogP contribution is 2.18. The van der Waals surface area contributed by atoms with Crippen molar-refractivity contribution in [3.05, 3.63) is 48.3 Å². The fraction of sp³-hybridized carbons (Fsp3) is 0.389. The number of nitrogens with zero attached hydrogens (tertiary/aromatic N) is 3. The first-order chi connectivity index (χ1) is 12.0. The molecule has 0 saturated heterocycles. The van der Waals surface area contributed by atoms with Gasteiger partial charge in [-0.3, -0.25) is 15.0 Å². The minimum Gasteiger partial charge on any atom is -0.335 e. The Balaban J connectivity index is 1.54. The van der Waals surface area contributed by atoms with Crippen LogP contribution < -0.4 is 10.6 Å². The molecule has 2 N–H and O–H groups in total.